The number of halogens is 1. The molecule has 7 heteroatoms. The minimum absolute atomic E-state index is 0.0709. The van der Waals surface area contributed by atoms with E-state index < -0.39 is 10.0 Å². The summed E-state index contributed by atoms with van der Waals surface area (Å²) in [6.07, 6.45) is 6.67. The maximum Gasteiger partial charge on any atom is 0.243 e. The Hall–Kier alpha value is -2.51. The third-order valence-corrected chi connectivity index (χ3v) is 7.52. The van der Waals surface area contributed by atoms with E-state index in [1.54, 1.807) is 13.1 Å². The van der Waals surface area contributed by atoms with Crippen molar-refractivity contribution in [2.45, 2.75) is 50.0 Å². The molecule has 0 bridgehead atoms. The fraction of sp³-hybridized carbons (Fsp3) is 0.375. The van der Waals surface area contributed by atoms with Crippen LogP contribution in [0.2, 0.25) is 0 Å². The lowest BCUT2D eigenvalue weighted by atomic mass is 9.84. The van der Waals surface area contributed by atoms with Gasteiger partial charge in [0, 0.05) is 25.4 Å². The number of nitrogens with one attached hydrogen (secondary N) is 1. The van der Waals surface area contributed by atoms with Crippen molar-refractivity contribution in [3.63, 3.8) is 0 Å². The highest BCUT2D eigenvalue weighted by molar-refractivity contribution is 7.89. The monoisotopic (exact) mass is 441 g/mol. The number of aryl methyl sites for hydroxylation is 1. The molecule has 0 saturated heterocycles. The summed E-state index contributed by atoms with van der Waals surface area (Å²) in [6.45, 7) is 2.09. The van der Waals surface area contributed by atoms with E-state index in [-0.39, 0.29) is 17.3 Å². The van der Waals surface area contributed by atoms with Crippen LogP contribution in [-0.4, -0.2) is 18.2 Å². The van der Waals surface area contributed by atoms with E-state index in [2.05, 4.69) is 28.9 Å². The lowest BCUT2D eigenvalue weighted by molar-refractivity contribution is 0.418. The quantitative estimate of drug-likeness (QED) is 0.566. The second kappa shape index (κ2) is 8.93. The molecule has 1 N–H and O–H groups in total. The zero-order valence-electron chi connectivity index (χ0n) is 17.9. The summed E-state index contributed by atoms with van der Waals surface area (Å²) in [4.78, 5) is 0.0709. The van der Waals surface area contributed by atoms with Crippen molar-refractivity contribution in [2.75, 3.05) is 0 Å². The molecule has 3 aromatic rings. The van der Waals surface area contributed by atoms with Gasteiger partial charge in [0.25, 0.3) is 0 Å². The second-order valence-electron chi connectivity index (χ2n) is 8.37. The highest BCUT2D eigenvalue weighted by Gasteiger charge is 2.33. The van der Waals surface area contributed by atoms with Gasteiger partial charge in [-0.2, -0.15) is 5.10 Å². The maximum atomic E-state index is 14.8. The summed E-state index contributed by atoms with van der Waals surface area (Å²) in [5, 5.41) is 3.90. The summed E-state index contributed by atoms with van der Waals surface area (Å²) in [6, 6.07) is 13.8. The lowest BCUT2D eigenvalue weighted by Crippen LogP contribution is -2.23. The van der Waals surface area contributed by atoms with Crippen LogP contribution in [0.25, 0.3) is 0 Å². The number of hydrogen-bond donors (Lipinski definition) is 1. The van der Waals surface area contributed by atoms with Crippen molar-refractivity contribution in [2.24, 2.45) is 13.0 Å². The van der Waals surface area contributed by atoms with E-state index in [0.29, 0.717) is 17.4 Å². The Balaban J connectivity index is 1.59. The van der Waals surface area contributed by atoms with Crippen LogP contribution in [-0.2, 0) is 36.5 Å². The molecule has 31 heavy (non-hydrogen) atoms. The summed E-state index contributed by atoms with van der Waals surface area (Å²) >= 11 is 0. The first-order valence-corrected chi connectivity index (χ1v) is 12.2. The van der Waals surface area contributed by atoms with Crippen molar-refractivity contribution >= 4 is 10.0 Å². The van der Waals surface area contributed by atoms with Gasteiger partial charge in [0.2, 0.25) is 10.0 Å². The van der Waals surface area contributed by atoms with Gasteiger partial charge < -0.3 is 0 Å². The van der Waals surface area contributed by atoms with Crippen LogP contribution in [0.3, 0.4) is 0 Å². The molecule has 1 aliphatic carbocycles. The molecule has 2 atom stereocenters. The fourth-order valence-corrected chi connectivity index (χ4v) is 5.62. The van der Waals surface area contributed by atoms with Crippen molar-refractivity contribution in [1.29, 1.82) is 0 Å². The molecule has 2 aromatic carbocycles. The molecule has 0 radical (unpaired) electrons. The molecule has 0 fully saturated rings. The first kappa shape index (κ1) is 21.7. The summed E-state index contributed by atoms with van der Waals surface area (Å²) < 4.78 is 43.8. The first-order chi connectivity index (χ1) is 14.9. The number of aromatic nitrogens is 2. The van der Waals surface area contributed by atoms with Gasteiger partial charge in [-0.3, -0.25) is 4.68 Å². The molecule has 0 amide bonds. The van der Waals surface area contributed by atoms with Gasteiger partial charge >= 0.3 is 0 Å². The molecular formula is C24H28FN3O2S. The number of nitrogens with zero attached hydrogens (tertiary/aromatic N) is 2. The number of benzene rings is 2. The Labute approximate surface area is 183 Å². The topological polar surface area (TPSA) is 64.0 Å². The number of fused-ring (bicyclic) bond motifs is 1. The lowest BCUT2D eigenvalue weighted by Gasteiger charge is -2.21. The van der Waals surface area contributed by atoms with Crippen molar-refractivity contribution in [3.05, 3.63) is 82.9 Å². The standard InChI is InChI=1S/C24H28FN3O2S/c1-3-7-18-11-19-13-24(25)20(14-27-31(29,30)21-15-26-28(2)16-21)12-23(19)22(18)10-17-8-5-4-6-9-17/h4-6,8-9,12-13,15-16,18,22,27H,3,7,10-11,14H2,1-2H3. The van der Waals surface area contributed by atoms with Gasteiger partial charge in [-0.15, -0.1) is 0 Å². The number of sulfonamides is 1. The minimum Gasteiger partial charge on any atom is -0.274 e. The minimum atomic E-state index is -3.75. The Morgan fingerprint density at radius 3 is 2.68 bits per heavy atom. The second-order valence-corrected chi connectivity index (χ2v) is 10.1. The molecule has 5 nitrogen and oxygen atoms in total. The van der Waals surface area contributed by atoms with Gasteiger partial charge in [0.1, 0.15) is 10.7 Å². The molecule has 2 unspecified atom stereocenters. The van der Waals surface area contributed by atoms with Crippen LogP contribution in [0, 0.1) is 11.7 Å². The van der Waals surface area contributed by atoms with Gasteiger partial charge in [-0.25, -0.2) is 17.5 Å². The number of hydrogen-bond acceptors (Lipinski definition) is 3. The normalized spacial score (nSPS) is 18.3. The van der Waals surface area contributed by atoms with E-state index in [9.17, 15) is 12.8 Å². The van der Waals surface area contributed by atoms with Crippen LogP contribution < -0.4 is 4.72 Å². The summed E-state index contributed by atoms with van der Waals surface area (Å²) in [7, 11) is -2.10. The van der Waals surface area contributed by atoms with Gasteiger partial charge in [-0.1, -0.05) is 49.7 Å². The van der Waals surface area contributed by atoms with Crippen LogP contribution in [0.15, 0.2) is 59.8 Å². The van der Waals surface area contributed by atoms with Gasteiger partial charge in [0.15, 0.2) is 0 Å². The van der Waals surface area contributed by atoms with Crippen LogP contribution in [0.4, 0.5) is 4.39 Å². The van der Waals surface area contributed by atoms with Gasteiger partial charge in [-0.05, 0) is 53.9 Å². The van der Waals surface area contributed by atoms with E-state index >= 15 is 0 Å². The molecule has 1 aliphatic rings. The molecule has 0 saturated carbocycles. The van der Waals surface area contributed by atoms with E-state index in [1.165, 1.54) is 22.6 Å². The highest BCUT2D eigenvalue weighted by Crippen LogP contribution is 2.43. The molecule has 1 heterocycles. The van der Waals surface area contributed by atoms with Crippen molar-refractivity contribution in [1.82, 2.24) is 14.5 Å². The van der Waals surface area contributed by atoms with Crippen molar-refractivity contribution in [3.8, 4) is 0 Å². The molecule has 1 aromatic heterocycles. The molecular weight excluding hydrogens is 413 g/mol. The average molecular weight is 442 g/mol. The van der Waals surface area contributed by atoms with Gasteiger partial charge in [0.05, 0.1) is 6.20 Å². The average Bonchev–Trinajstić information content (AvgIpc) is 3.32. The molecule has 0 spiro atoms. The molecule has 164 valence electrons. The Morgan fingerprint density at radius 1 is 1.23 bits per heavy atom. The summed E-state index contributed by atoms with van der Waals surface area (Å²) in [5.41, 5.74) is 3.85. The predicted molar refractivity (Wildman–Crippen MR) is 119 cm³/mol. The molecule has 4 rings (SSSR count). The third-order valence-electron chi connectivity index (χ3n) is 6.16. The summed E-state index contributed by atoms with van der Waals surface area (Å²) in [5.74, 6) is 0.428. The first-order valence-electron chi connectivity index (χ1n) is 10.7. The zero-order chi connectivity index (χ0) is 22.0. The largest absolute Gasteiger partial charge is 0.274 e. The smallest absolute Gasteiger partial charge is 0.243 e. The SMILES string of the molecule is CCCC1Cc2cc(F)c(CNS(=O)(=O)c3cnn(C)c3)cc2C1Cc1ccccc1. The molecule has 0 aliphatic heterocycles. The van der Waals surface area contributed by atoms with E-state index in [4.69, 9.17) is 0 Å². The predicted octanol–water partition coefficient (Wildman–Crippen LogP) is 4.34. The van der Waals surface area contributed by atoms with Crippen LogP contribution in [0.1, 0.15) is 47.9 Å². The maximum absolute atomic E-state index is 14.8. The number of rotatable bonds is 8. The van der Waals surface area contributed by atoms with Crippen molar-refractivity contribution < 1.29 is 12.8 Å². The van der Waals surface area contributed by atoms with E-state index in [1.807, 2.05) is 24.3 Å². The highest BCUT2D eigenvalue weighted by atomic mass is 32.2. The Morgan fingerprint density at radius 2 is 2.00 bits per heavy atom. The van der Waals surface area contributed by atoms with Crippen LogP contribution >= 0.6 is 0 Å². The Bertz CT molecular complexity index is 1160. The zero-order valence-corrected chi connectivity index (χ0v) is 18.7. The third kappa shape index (κ3) is 4.72. The Kier molecular flexibility index (Phi) is 6.25. The van der Waals surface area contributed by atoms with E-state index in [0.717, 1.165) is 36.8 Å². The van der Waals surface area contributed by atoms with Crippen LogP contribution in [0.5, 0.6) is 0 Å². The fourth-order valence-electron chi connectivity index (χ4n) is 4.63.